The van der Waals surface area contributed by atoms with Gasteiger partial charge in [0.1, 0.15) is 0 Å². The molecule has 0 aromatic rings. The second-order valence-corrected chi connectivity index (χ2v) is 6.33. The maximum absolute atomic E-state index is 12.5. The number of nitrogens with zero attached hydrogens (tertiary/aromatic N) is 1. The summed E-state index contributed by atoms with van der Waals surface area (Å²) < 4.78 is 4.90. The van der Waals surface area contributed by atoms with Gasteiger partial charge in [0.15, 0.2) is 0 Å². The molecule has 1 unspecified atom stereocenters. The molecule has 7 nitrogen and oxygen atoms in total. The van der Waals surface area contributed by atoms with Crippen LogP contribution >= 0.6 is 0 Å². The summed E-state index contributed by atoms with van der Waals surface area (Å²) in [5, 5.41) is 11.6. The minimum absolute atomic E-state index is 0. The van der Waals surface area contributed by atoms with E-state index >= 15 is 0 Å². The summed E-state index contributed by atoms with van der Waals surface area (Å²) in [6.45, 7) is 5.93. The van der Waals surface area contributed by atoms with Gasteiger partial charge in [-0.1, -0.05) is 46.5 Å². The summed E-state index contributed by atoms with van der Waals surface area (Å²) in [5.41, 5.74) is 0. The maximum atomic E-state index is 12.5. The standard InChI is InChI=1S/C19H33NO6.Na/c1-4-7-9-11-16(21)20(17(22)12-10-8-5-2)15(19(24)25)14-18(23)26-13-6-3;/h15H,4-14H2,1-3H3,(H,24,25);/q;+1/p-1. The second-order valence-electron chi connectivity index (χ2n) is 6.33. The SMILES string of the molecule is CCCCCC(=O)N(C(=O)CCCCC)C(CC(=O)OCCC)C(=O)[O-].[Na+]. The average molecular weight is 393 g/mol. The third-order valence-electron chi connectivity index (χ3n) is 3.94. The zero-order valence-corrected chi connectivity index (χ0v) is 19.3. The molecule has 0 spiro atoms. The fourth-order valence-electron chi connectivity index (χ4n) is 2.49. The van der Waals surface area contributed by atoms with E-state index < -0.39 is 36.2 Å². The van der Waals surface area contributed by atoms with Crippen LogP contribution in [0.5, 0.6) is 0 Å². The molecule has 8 heteroatoms. The summed E-state index contributed by atoms with van der Waals surface area (Å²) in [4.78, 5) is 49.1. The van der Waals surface area contributed by atoms with Crippen molar-refractivity contribution < 1.29 is 58.6 Å². The molecule has 0 rings (SSSR count). The van der Waals surface area contributed by atoms with Crippen LogP contribution in [0.3, 0.4) is 0 Å². The maximum Gasteiger partial charge on any atom is 1.00 e. The predicted molar refractivity (Wildman–Crippen MR) is 94.8 cm³/mol. The molecule has 0 aliphatic carbocycles. The van der Waals surface area contributed by atoms with Gasteiger partial charge in [0.05, 0.1) is 25.0 Å². The van der Waals surface area contributed by atoms with E-state index in [0.29, 0.717) is 24.2 Å². The number of aliphatic carboxylic acids is 1. The van der Waals surface area contributed by atoms with Gasteiger partial charge in [-0.15, -0.1) is 0 Å². The minimum Gasteiger partial charge on any atom is -0.548 e. The molecule has 0 aliphatic heterocycles. The Labute approximate surface area is 184 Å². The molecule has 150 valence electrons. The van der Waals surface area contributed by atoms with Crippen LogP contribution in [0, 0.1) is 0 Å². The largest absolute Gasteiger partial charge is 1.00 e. The number of hydrogen-bond acceptors (Lipinski definition) is 6. The molecule has 0 N–H and O–H groups in total. The molecule has 0 aliphatic rings. The first-order chi connectivity index (χ1) is 12.4. The van der Waals surface area contributed by atoms with E-state index in [2.05, 4.69) is 0 Å². The number of imide groups is 1. The van der Waals surface area contributed by atoms with Crippen LogP contribution in [-0.4, -0.2) is 41.3 Å². The zero-order chi connectivity index (χ0) is 19.9. The monoisotopic (exact) mass is 393 g/mol. The molecule has 2 amide bonds. The Balaban J connectivity index is 0. The van der Waals surface area contributed by atoms with Gasteiger partial charge in [-0.2, -0.15) is 0 Å². The van der Waals surface area contributed by atoms with Gasteiger partial charge in [-0.25, -0.2) is 0 Å². The van der Waals surface area contributed by atoms with Crippen molar-refractivity contribution in [2.75, 3.05) is 6.61 Å². The van der Waals surface area contributed by atoms with Crippen LogP contribution in [0.4, 0.5) is 0 Å². The van der Waals surface area contributed by atoms with E-state index in [1.807, 2.05) is 20.8 Å². The van der Waals surface area contributed by atoms with Gasteiger partial charge in [0, 0.05) is 12.8 Å². The van der Waals surface area contributed by atoms with Crippen molar-refractivity contribution in [3.63, 3.8) is 0 Å². The molecule has 0 aromatic carbocycles. The Hall–Kier alpha value is -0.920. The molecule has 0 saturated carbocycles. The zero-order valence-electron chi connectivity index (χ0n) is 17.3. The van der Waals surface area contributed by atoms with E-state index in [9.17, 15) is 24.3 Å². The summed E-state index contributed by atoms with van der Waals surface area (Å²) in [6, 6.07) is -1.62. The van der Waals surface area contributed by atoms with Gasteiger partial charge < -0.3 is 14.6 Å². The van der Waals surface area contributed by atoms with Crippen LogP contribution in [0.1, 0.15) is 85.0 Å². The molecule has 0 fully saturated rings. The molecule has 0 saturated heterocycles. The van der Waals surface area contributed by atoms with Crippen LogP contribution in [-0.2, 0) is 23.9 Å². The van der Waals surface area contributed by atoms with Crippen LogP contribution in [0.15, 0.2) is 0 Å². The Morgan fingerprint density at radius 2 is 1.33 bits per heavy atom. The number of amides is 2. The summed E-state index contributed by atoms with van der Waals surface area (Å²) in [5.74, 6) is -3.52. The first-order valence-corrected chi connectivity index (χ1v) is 9.60. The number of esters is 1. The summed E-state index contributed by atoms with van der Waals surface area (Å²) in [6.07, 6.45) is 4.68. The van der Waals surface area contributed by atoms with Crippen molar-refractivity contribution in [3.8, 4) is 0 Å². The Morgan fingerprint density at radius 1 is 0.852 bits per heavy atom. The molecular weight excluding hydrogens is 361 g/mol. The van der Waals surface area contributed by atoms with Crippen molar-refractivity contribution in [1.82, 2.24) is 4.90 Å². The van der Waals surface area contributed by atoms with Gasteiger partial charge >= 0.3 is 35.5 Å². The number of rotatable bonds is 14. The molecule has 27 heavy (non-hydrogen) atoms. The predicted octanol–water partition coefficient (Wildman–Crippen LogP) is -1.03. The molecule has 0 aromatic heterocycles. The average Bonchev–Trinajstić information content (AvgIpc) is 2.59. The number of hydrogen-bond donors (Lipinski definition) is 0. The third-order valence-corrected chi connectivity index (χ3v) is 3.94. The molecule has 0 heterocycles. The van der Waals surface area contributed by atoms with Crippen molar-refractivity contribution in [2.24, 2.45) is 0 Å². The van der Waals surface area contributed by atoms with E-state index in [1.54, 1.807) is 0 Å². The second kappa shape index (κ2) is 17.2. The van der Waals surface area contributed by atoms with Crippen LogP contribution in [0.25, 0.3) is 0 Å². The van der Waals surface area contributed by atoms with Crippen molar-refractivity contribution >= 4 is 23.8 Å². The Bertz CT molecular complexity index is 447. The quantitative estimate of drug-likeness (QED) is 0.212. The number of carboxylic acid groups (broad SMARTS) is 1. The number of ether oxygens (including phenoxy) is 1. The summed E-state index contributed by atoms with van der Waals surface area (Å²) in [7, 11) is 0. The van der Waals surface area contributed by atoms with Crippen LogP contribution in [0.2, 0.25) is 0 Å². The molecule has 1 atom stereocenters. The number of carbonyl (C=O) groups is 4. The van der Waals surface area contributed by atoms with Crippen LogP contribution < -0.4 is 34.7 Å². The fraction of sp³-hybridized carbons (Fsp3) is 0.789. The number of unbranched alkanes of at least 4 members (excludes halogenated alkanes) is 4. The van der Waals surface area contributed by atoms with Gasteiger partial charge in [-0.3, -0.25) is 19.3 Å². The van der Waals surface area contributed by atoms with Gasteiger partial charge in [0.2, 0.25) is 11.8 Å². The minimum atomic E-state index is -1.62. The fourth-order valence-corrected chi connectivity index (χ4v) is 2.49. The molecule has 0 radical (unpaired) electrons. The summed E-state index contributed by atoms with van der Waals surface area (Å²) >= 11 is 0. The molecule has 0 bridgehead atoms. The third kappa shape index (κ3) is 12.2. The van der Waals surface area contributed by atoms with E-state index in [1.165, 1.54) is 0 Å². The van der Waals surface area contributed by atoms with Crippen molar-refractivity contribution in [3.05, 3.63) is 0 Å². The Kier molecular flexibility index (Phi) is 18.0. The van der Waals surface area contributed by atoms with Crippen molar-refractivity contribution in [1.29, 1.82) is 0 Å². The number of carboxylic acids is 1. The topological polar surface area (TPSA) is 104 Å². The first-order valence-electron chi connectivity index (χ1n) is 9.60. The molecular formula is C19H32NNaO6. The number of carbonyl (C=O) groups excluding carboxylic acids is 4. The van der Waals surface area contributed by atoms with Crippen molar-refractivity contribution in [2.45, 2.75) is 91.0 Å². The van der Waals surface area contributed by atoms with Gasteiger partial charge in [0.25, 0.3) is 0 Å². The smallest absolute Gasteiger partial charge is 0.548 e. The van der Waals surface area contributed by atoms with E-state index in [0.717, 1.165) is 25.7 Å². The van der Waals surface area contributed by atoms with Gasteiger partial charge in [-0.05, 0) is 19.3 Å². The Morgan fingerprint density at radius 3 is 1.70 bits per heavy atom. The first kappa shape index (κ1) is 28.3. The van der Waals surface area contributed by atoms with E-state index in [4.69, 9.17) is 4.74 Å². The normalized spacial score (nSPS) is 11.2. The van der Waals surface area contributed by atoms with E-state index in [-0.39, 0.29) is 49.0 Å².